The van der Waals surface area contributed by atoms with Gasteiger partial charge in [-0.2, -0.15) is 4.98 Å². The highest BCUT2D eigenvalue weighted by atomic mass is 35.5. The molecule has 0 amide bonds. The predicted molar refractivity (Wildman–Crippen MR) is 83.7 cm³/mol. The van der Waals surface area contributed by atoms with Crippen LogP contribution in [-0.4, -0.2) is 25.0 Å². The minimum atomic E-state index is -0.0245. The van der Waals surface area contributed by atoms with Gasteiger partial charge in [0.15, 0.2) is 5.82 Å². The Morgan fingerprint density at radius 3 is 2.82 bits per heavy atom. The van der Waals surface area contributed by atoms with Gasteiger partial charge in [0.1, 0.15) is 11.5 Å². The molecule has 0 saturated heterocycles. The first kappa shape index (κ1) is 14.4. The number of benzene rings is 1. The molecule has 6 nitrogen and oxygen atoms in total. The van der Waals surface area contributed by atoms with Crippen molar-refractivity contribution in [3.63, 3.8) is 0 Å². The monoisotopic (exact) mass is 313 g/mol. The molecule has 0 spiro atoms. The summed E-state index contributed by atoms with van der Waals surface area (Å²) < 4.78 is 0. The molecule has 0 aliphatic rings. The van der Waals surface area contributed by atoms with E-state index in [1.54, 1.807) is 18.3 Å². The van der Waals surface area contributed by atoms with Crippen LogP contribution >= 0.6 is 11.6 Å². The Bertz CT molecular complexity index is 796. The Kier molecular flexibility index (Phi) is 4.22. The molecular formula is C15H12ClN5O. The average molecular weight is 314 g/mol. The van der Waals surface area contributed by atoms with Crippen molar-refractivity contribution in [2.75, 3.05) is 5.32 Å². The van der Waals surface area contributed by atoms with Crippen molar-refractivity contribution in [3.05, 3.63) is 59.6 Å². The second-order valence-corrected chi connectivity index (χ2v) is 4.82. The van der Waals surface area contributed by atoms with Gasteiger partial charge in [0, 0.05) is 11.9 Å². The van der Waals surface area contributed by atoms with Crippen molar-refractivity contribution < 1.29 is 5.11 Å². The van der Waals surface area contributed by atoms with Crippen molar-refractivity contribution in [2.24, 2.45) is 0 Å². The van der Waals surface area contributed by atoms with Gasteiger partial charge in [-0.15, -0.1) is 0 Å². The summed E-state index contributed by atoms with van der Waals surface area (Å²) >= 11 is 6.05. The molecule has 0 saturated carbocycles. The summed E-state index contributed by atoms with van der Waals surface area (Å²) in [5.74, 6) is 0.828. The molecule has 2 aromatic heterocycles. The first-order chi connectivity index (χ1) is 10.8. The van der Waals surface area contributed by atoms with E-state index in [9.17, 15) is 0 Å². The second kappa shape index (κ2) is 6.46. The zero-order valence-corrected chi connectivity index (χ0v) is 12.2. The average Bonchev–Trinajstić information content (AvgIpc) is 2.56. The van der Waals surface area contributed by atoms with Crippen LogP contribution in [0.1, 0.15) is 5.56 Å². The lowest BCUT2D eigenvalue weighted by Crippen LogP contribution is -2.01. The molecule has 3 aromatic rings. The van der Waals surface area contributed by atoms with Crippen LogP contribution in [0.2, 0.25) is 5.15 Å². The lowest BCUT2D eigenvalue weighted by molar-refractivity contribution is 0.282. The molecular weight excluding hydrogens is 302 g/mol. The van der Waals surface area contributed by atoms with Gasteiger partial charge in [0.05, 0.1) is 12.2 Å². The van der Waals surface area contributed by atoms with Gasteiger partial charge in [-0.05, 0) is 29.8 Å². The predicted octanol–water partition coefficient (Wildman–Crippen LogP) is 2.82. The maximum atomic E-state index is 9.16. The van der Waals surface area contributed by atoms with E-state index < -0.39 is 0 Å². The molecule has 0 fully saturated rings. The Morgan fingerprint density at radius 1 is 1.09 bits per heavy atom. The van der Waals surface area contributed by atoms with Crippen LogP contribution < -0.4 is 5.32 Å². The number of halogens is 1. The summed E-state index contributed by atoms with van der Waals surface area (Å²) in [5.41, 5.74) is 2.22. The number of rotatable bonds is 4. The van der Waals surface area contributed by atoms with Crippen molar-refractivity contribution in [1.82, 2.24) is 19.9 Å². The number of pyridine rings is 1. The molecule has 0 aliphatic carbocycles. The van der Waals surface area contributed by atoms with Crippen molar-refractivity contribution in [3.8, 4) is 11.4 Å². The largest absolute Gasteiger partial charge is 0.392 e. The van der Waals surface area contributed by atoms with Crippen LogP contribution in [0.25, 0.3) is 11.4 Å². The fraction of sp³-hybridized carbons (Fsp3) is 0.0667. The van der Waals surface area contributed by atoms with Gasteiger partial charge in [0.2, 0.25) is 5.95 Å². The van der Waals surface area contributed by atoms with E-state index >= 15 is 0 Å². The summed E-state index contributed by atoms with van der Waals surface area (Å²) in [5, 5.41) is 12.6. The van der Waals surface area contributed by atoms with Gasteiger partial charge >= 0.3 is 0 Å². The van der Waals surface area contributed by atoms with Crippen molar-refractivity contribution in [2.45, 2.75) is 6.61 Å². The van der Waals surface area contributed by atoms with E-state index in [1.165, 1.54) is 6.33 Å². The molecule has 22 heavy (non-hydrogen) atoms. The van der Waals surface area contributed by atoms with Crippen LogP contribution in [0.4, 0.5) is 11.6 Å². The zero-order chi connectivity index (χ0) is 15.4. The minimum Gasteiger partial charge on any atom is -0.392 e. The number of hydrogen-bond acceptors (Lipinski definition) is 6. The molecule has 0 aliphatic heterocycles. The van der Waals surface area contributed by atoms with Crippen LogP contribution in [-0.2, 0) is 6.61 Å². The summed E-state index contributed by atoms with van der Waals surface area (Å²) in [6.07, 6.45) is 3.01. The number of anilines is 2. The Morgan fingerprint density at radius 2 is 2.00 bits per heavy atom. The molecule has 0 radical (unpaired) electrons. The Hall–Kier alpha value is -2.57. The maximum Gasteiger partial charge on any atom is 0.230 e. The van der Waals surface area contributed by atoms with E-state index in [0.29, 0.717) is 22.5 Å². The molecule has 0 atom stereocenters. The zero-order valence-electron chi connectivity index (χ0n) is 11.4. The summed E-state index contributed by atoms with van der Waals surface area (Å²) in [7, 11) is 0. The van der Waals surface area contributed by atoms with Gasteiger partial charge in [-0.1, -0.05) is 23.7 Å². The van der Waals surface area contributed by atoms with E-state index in [1.807, 2.05) is 24.3 Å². The third kappa shape index (κ3) is 3.19. The maximum absolute atomic E-state index is 9.16. The molecule has 2 heterocycles. The van der Waals surface area contributed by atoms with Crippen LogP contribution in [0.3, 0.4) is 0 Å². The molecule has 110 valence electrons. The number of nitrogens with one attached hydrogen (secondary N) is 1. The quantitative estimate of drug-likeness (QED) is 0.721. The third-order valence-corrected chi connectivity index (χ3v) is 3.24. The molecule has 0 bridgehead atoms. The number of aliphatic hydroxyl groups is 1. The number of hydrogen-bond donors (Lipinski definition) is 2. The van der Waals surface area contributed by atoms with Crippen LogP contribution in [0.15, 0.2) is 48.9 Å². The van der Waals surface area contributed by atoms with Gasteiger partial charge in [0.25, 0.3) is 0 Å². The highest BCUT2D eigenvalue weighted by Gasteiger charge is 2.08. The van der Waals surface area contributed by atoms with E-state index in [4.69, 9.17) is 16.7 Å². The van der Waals surface area contributed by atoms with Gasteiger partial charge < -0.3 is 10.4 Å². The van der Waals surface area contributed by atoms with E-state index in [2.05, 4.69) is 25.3 Å². The highest BCUT2D eigenvalue weighted by molar-refractivity contribution is 6.31. The molecule has 7 heteroatoms. The normalized spacial score (nSPS) is 10.5. The number of aliphatic hydroxyl groups excluding tert-OH is 1. The molecule has 1 aromatic carbocycles. The Balaban J connectivity index is 1.90. The summed E-state index contributed by atoms with van der Waals surface area (Å²) in [4.78, 5) is 16.5. The van der Waals surface area contributed by atoms with E-state index in [-0.39, 0.29) is 6.61 Å². The van der Waals surface area contributed by atoms with Gasteiger partial charge in [-0.25, -0.2) is 15.0 Å². The lowest BCUT2D eigenvalue weighted by atomic mass is 10.2. The van der Waals surface area contributed by atoms with Gasteiger partial charge in [-0.3, -0.25) is 0 Å². The molecule has 3 rings (SSSR count). The summed E-state index contributed by atoms with van der Waals surface area (Å²) in [6.45, 7) is -0.0245. The van der Waals surface area contributed by atoms with Crippen LogP contribution in [0, 0.1) is 0 Å². The van der Waals surface area contributed by atoms with Crippen molar-refractivity contribution in [1.29, 1.82) is 0 Å². The lowest BCUT2D eigenvalue weighted by Gasteiger charge is -2.07. The molecule has 0 unspecified atom stereocenters. The number of aromatic nitrogens is 4. The summed E-state index contributed by atoms with van der Waals surface area (Å²) in [6, 6.07) is 10.9. The second-order valence-electron chi connectivity index (χ2n) is 4.46. The minimum absolute atomic E-state index is 0.0245. The van der Waals surface area contributed by atoms with Crippen molar-refractivity contribution >= 4 is 23.2 Å². The first-order valence-electron chi connectivity index (χ1n) is 6.53. The smallest absolute Gasteiger partial charge is 0.230 e. The highest BCUT2D eigenvalue weighted by Crippen LogP contribution is 2.23. The fourth-order valence-electron chi connectivity index (χ4n) is 1.92. The Labute approximate surface area is 131 Å². The topological polar surface area (TPSA) is 83.8 Å². The third-order valence-electron chi connectivity index (χ3n) is 2.94. The fourth-order valence-corrected chi connectivity index (χ4v) is 2.12. The standard InChI is InChI=1S/C15H12ClN5O/c16-13-12(5-2-6-17-13)14-18-9-19-15(21-14)20-11-4-1-3-10(7-11)8-22/h1-7,9,22H,8H2,(H,18,19,20,21). The first-order valence-corrected chi connectivity index (χ1v) is 6.91. The van der Waals surface area contributed by atoms with E-state index in [0.717, 1.165) is 11.3 Å². The SMILES string of the molecule is OCc1cccc(Nc2ncnc(-c3cccnc3Cl)n2)c1. The molecule has 2 N–H and O–H groups in total. The number of nitrogens with zero attached hydrogens (tertiary/aromatic N) is 4. The van der Waals surface area contributed by atoms with Crippen LogP contribution in [0.5, 0.6) is 0 Å².